The number of primary amides is 1. The van der Waals surface area contributed by atoms with E-state index in [-0.39, 0.29) is 6.61 Å². The Morgan fingerprint density at radius 1 is 1.43 bits per heavy atom. The number of halogens is 1. The molecule has 2 rings (SSSR count). The molecule has 0 fully saturated rings. The van der Waals surface area contributed by atoms with E-state index < -0.39 is 30.4 Å². The SMILES string of the molecule is NC(=O)NC(=O)COC(=O)[C@@H]1COc2ccc(Cl)cc2C1. The number of imide groups is 1. The molecule has 1 heterocycles. The van der Waals surface area contributed by atoms with Gasteiger partial charge in [-0.2, -0.15) is 0 Å². The summed E-state index contributed by atoms with van der Waals surface area (Å²) < 4.78 is 10.3. The number of fused-ring (bicyclic) bond motifs is 1. The molecule has 0 spiro atoms. The number of hydrogen-bond donors (Lipinski definition) is 2. The first-order chi connectivity index (χ1) is 9.95. The minimum Gasteiger partial charge on any atom is -0.492 e. The minimum absolute atomic E-state index is 0.158. The topological polar surface area (TPSA) is 108 Å². The highest BCUT2D eigenvalue weighted by atomic mass is 35.5. The number of amides is 3. The Labute approximate surface area is 125 Å². The Balaban J connectivity index is 1.90. The number of benzene rings is 1. The average Bonchev–Trinajstić information content (AvgIpc) is 2.43. The number of esters is 1. The lowest BCUT2D eigenvalue weighted by Crippen LogP contribution is -2.39. The lowest BCUT2D eigenvalue weighted by Gasteiger charge is -2.24. The summed E-state index contributed by atoms with van der Waals surface area (Å²) in [7, 11) is 0. The number of nitrogens with two attached hydrogens (primary N) is 1. The van der Waals surface area contributed by atoms with Crippen LogP contribution < -0.4 is 15.8 Å². The fraction of sp³-hybridized carbons (Fsp3) is 0.308. The zero-order valence-electron chi connectivity index (χ0n) is 10.9. The van der Waals surface area contributed by atoms with E-state index in [0.29, 0.717) is 17.2 Å². The highest BCUT2D eigenvalue weighted by molar-refractivity contribution is 6.30. The van der Waals surface area contributed by atoms with Gasteiger partial charge >= 0.3 is 12.0 Å². The fourth-order valence-corrected chi connectivity index (χ4v) is 2.14. The van der Waals surface area contributed by atoms with Gasteiger partial charge in [0.15, 0.2) is 6.61 Å². The van der Waals surface area contributed by atoms with Crippen LogP contribution in [0.4, 0.5) is 4.79 Å². The van der Waals surface area contributed by atoms with Crippen LogP contribution in [0.2, 0.25) is 5.02 Å². The number of carbonyl (C=O) groups excluding carboxylic acids is 3. The minimum atomic E-state index is -0.999. The molecule has 1 aliphatic rings. The Morgan fingerprint density at radius 2 is 2.19 bits per heavy atom. The quantitative estimate of drug-likeness (QED) is 0.796. The predicted octanol–water partition coefficient (Wildman–Crippen LogP) is 0.629. The first-order valence-corrected chi connectivity index (χ1v) is 6.50. The molecule has 3 amide bonds. The van der Waals surface area contributed by atoms with E-state index in [1.807, 2.05) is 0 Å². The third kappa shape index (κ3) is 4.09. The summed E-state index contributed by atoms with van der Waals surface area (Å²) in [5.41, 5.74) is 5.57. The van der Waals surface area contributed by atoms with E-state index in [9.17, 15) is 14.4 Å². The number of ether oxygens (including phenoxy) is 2. The smallest absolute Gasteiger partial charge is 0.318 e. The summed E-state index contributed by atoms with van der Waals surface area (Å²) in [6.45, 7) is -0.411. The van der Waals surface area contributed by atoms with Gasteiger partial charge in [0, 0.05) is 5.02 Å². The largest absolute Gasteiger partial charge is 0.492 e. The van der Waals surface area contributed by atoms with E-state index in [2.05, 4.69) is 0 Å². The van der Waals surface area contributed by atoms with Crippen LogP contribution in [0.1, 0.15) is 5.56 Å². The van der Waals surface area contributed by atoms with Gasteiger partial charge in [-0.15, -0.1) is 0 Å². The van der Waals surface area contributed by atoms with Crippen molar-refractivity contribution in [2.45, 2.75) is 6.42 Å². The molecular formula is C13H13ClN2O5. The molecule has 21 heavy (non-hydrogen) atoms. The molecule has 3 N–H and O–H groups in total. The van der Waals surface area contributed by atoms with Gasteiger partial charge in [-0.3, -0.25) is 14.9 Å². The van der Waals surface area contributed by atoms with Crippen LogP contribution in [0.25, 0.3) is 0 Å². The summed E-state index contributed by atoms with van der Waals surface area (Å²) in [4.78, 5) is 33.4. The van der Waals surface area contributed by atoms with Crippen LogP contribution in [-0.2, 0) is 20.7 Å². The lowest BCUT2D eigenvalue weighted by molar-refractivity contribution is -0.153. The van der Waals surface area contributed by atoms with Gasteiger partial charge in [0.25, 0.3) is 5.91 Å². The van der Waals surface area contributed by atoms with Gasteiger partial charge in [0.2, 0.25) is 0 Å². The van der Waals surface area contributed by atoms with Crippen LogP contribution in [0.5, 0.6) is 5.75 Å². The van der Waals surface area contributed by atoms with Gasteiger partial charge < -0.3 is 15.2 Å². The second kappa shape index (κ2) is 6.45. The summed E-state index contributed by atoms with van der Waals surface area (Å²) in [6.07, 6.45) is 0.409. The van der Waals surface area contributed by atoms with Crippen LogP contribution in [0.15, 0.2) is 18.2 Å². The average molecular weight is 313 g/mol. The first-order valence-electron chi connectivity index (χ1n) is 6.13. The van der Waals surface area contributed by atoms with Gasteiger partial charge in [-0.25, -0.2) is 4.79 Å². The molecule has 0 aromatic heterocycles. The van der Waals surface area contributed by atoms with Gasteiger partial charge in [0.1, 0.15) is 12.4 Å². The molecule has 1 aromatic carbocycles. The maximum Gasteiger partial charge on any atom is 0.318 e. The second-order valence-corrected chi connectivity index (χ2v) is 4.92. The number of rotatable bonds is 3. The molecule has 0 radical (unpaired) electrons. The predicted molar refractivity (Wildman–Crippen MR) is 72.8 cm³/mol. The molecule has 0 saturated carbocycles. The fourth-order valence-electron chi connectivity index (χ4n) is 1.94. The standard InChI is InChI=1S/C13H13ClN2O5/c14-9-1-2-10-7(4-9)3-8(5-20-10)12(18)21-6-11(17)16-13(15)19/h1-2,4,8H,3,5-6H2,(H3,15,16,17,19)/t8-/m0/s1. The van der Waals surface area contributed by atoms with E-state index in [1.165, 1.54) is 0 Å². The third-order valence-corrected chi connectivity index (χ3v) is 3.11. The zero-order valence-corrected chi connectivity index (χ0v) is 11.7. The molecule has 112 valence electrons. The van der Waals surface area contributed by atoms with Crippen molar-refractivity contribution >= 4 is 29.5 Å². The van der Waals surface area contributed by atoms with Crippen molar-refractivity contribution in [2.24, 2.45) is 11.7 Å². The van der Waals surface area contributed by atoms with Crippen molar-refractivity contribution in [3.8, 4) is 5.75 Å². The van der Waals surface area contributed by atoms with Crippen molar-refractivity contribution in [1.82, 2.24) is 5.32 Å². The number of urea groups is 1. The van der Waals surface area contributed by atoms with Gasteiger partial charge in [-0.1, -0.05) is 11.6 Å². The van der Waals surface area contributed by atoms with Gasteiger partial charge in [0.05, 0.1) is 5.92 Å². The normalized spacial score (nSPS) is 16.3. The van der Waals surface area contributed by atoms with Crippen LogP contribution >= 0.6 is 11.6 Å². The Hall–Kier alpha value is -2.28. The highest BCUT2D eigenvalue weighted by Crippen LogP contribution is 2.30. The molecule has 1 aliphatic heterocycles. The molecule has 0 bridgehead atoms. The van der Waals surface area contributed by atoms with Crippen molar-refractivity contribution < 1.29 is 23.9 Å². The van der Waals surface area contributed by atoms with E-state index in [1.54, 1.807) is 23.5 Å². The molecule has 7 nitrogen and oxygen atoms in total. The molecule has 8 heteroatoms. The Kier molecular flexibility index (Phi) is 4.64. The second-order valence-electron chi connectivity index (χ2n) is 4.48. The molecule has 1 atom stereocenters. The molecule has 1 aromatic rings. The summed E-state index contributed by atoms with van der Waals surface area (Å²) >= 11 is 5.89. The van der Waals surface area contributed by atoms with Crippen molar-refractivity contribution in [3.63, 3.8) is 0 Å². The molecule has 0 unspecified atom stereocenters. The number of nitrogens with one attached hydrogen (secondary N) is 1. The number of carbonyl (C=O) groups is 3. The van der Waals surface area contributed by atoms with Crippen molar-refractivity contribution in [2.75, 3.05) is 13.2 Å². The van der Waals surface area contributed by atoms with Gasteiger partial charge in [-0.05, 0) is 30.2 Å². The number of hydrogen-bond acceptors (Lipinski definition) is 5. The summed E-state index contributed by atoms with van der Waals surface area (Å²) in [5.74, 6) is -1.22. The molecule has 0 saturated heterocycles. The van der Waals surface area contributed by atoms with E-state index in [0.717, 1.165) is 5.56 Å². The van der Waals surface area contributed by atoms with Crippen LogP contribution in [0.3, 0.4) is 0 Å². The zero-order chi connectivity index (χ0) is 15.4. The monoisotopic (exact) mass is 312 g/mol. The first kappa shape index (κ1) is 15.1. The van der Waals surface area contributed by atoms with Crippen LogP contribution in [0, 0.1) is 5.92 Å². The van der Waals surface area contributed by atoms with Crippen molar-refractivity contribution in [3.05, 3.63) is 28.8 Å². The van der Waals surface area contributed by atoms with Crippen molar-refractivity contribution in [1.29, 1.82) is 0 Å². The third-order valence-electron chi connectivity index (χ3n) is 2.87. The molecule has 0 aliphatic carbocycles. The van der Waals surface area contributed by atoms with E-state index in [4.69, 9.17) is 26.8 Å². The summed E-state index contributed by atoms with van der Waals surface area (Å²) in [6, 6.07) is 4.16. The van der Waals surface area contributed by atoms with Crippen LogP contribution in [-0.4, -0.2) is 31.1 Å². The maximum atomic E-state index is 11.9. The Bertz CT molecular complexity index is 590. The maximum absolute atomic E-state index is 11.9. The van der Waals surface area contributed by atoms with E-state index >= 15 is 0 Å². The molecular weight excluding hydrogens is 300 g/mol. The summed E-state index contributed by atoms with van der Waals surface area (Å²) in [5, 5.41) is 2.35. The lowest BCUT2D eigenvalue weighted by atomic mass is 9.97. The highest BCUT2D eigenvalue weighted by Gasteiger charge is 2.28. The Morgan fingerprint density at radius 3 is 2.90 bits per heavy atom.